The molecule has 0 spiro atoms. The second-order valence-electron chi connectivity index (χ2n) is 6.28. The first-order chi connectivity index (χ1) is 11.8. The van der Waals surface area contributed by atoms with Crippen LogP contribution in [0.4, 0.5) is 0 Å². The number of nitrogens with zero attached hydrogens (tertiary/aromatic N) is 2. The minimum atomic E-state index is 0.885. The molecule has 1 aromatic heterocycles. The summed E-state index contributed by atoms with van der Waals surface area (Å²) in [6, 6.07) is 12.7. The van der Waals surface area contributed by atoms with Crippen LogP contribution in [0.2, 0.25) is 0 Å². The average Bonchev–Trinajstić information content (AvgIpc) is 2.66. The van der Waals surface area contributed by atoms with Gasteiger partial charge in [-0.15, -0.1) is 0 Å². The number of morpholine rings is 1. The number of unbranched alkanes of at least 4 members (excludes halogenated alkanes) is 1. The quantitative estimate of drug-likeness (QED) is 0.719. The lowest BCUT2D eigenvalue weighted by molar-refractivity contribution is 0.0372. The van der Waals surface area contributed by atoms with Crippen molar-refractivity contribution in [3.05, 3.63) is 60.4 Å². The summed E-state index contributed by atoms with van der Waals surface area (Å²) in [5.74, 6) is 0. The molecule has 1 aliphatic rings. The van der Waals surface area contributed by atoms with Crippen molar-refractivity contribution in [2.24, 2.45) is 0 Å². The molecule has 0 atom stereocenters. The number of benzene rings is 1. The Balaban J connectivity index is 1.48. The Morgan fingerprint density at radius 1 is 1.08 bits per heavy atom. The van der Waals surface area contributed by atoms with E-state index >= 15 is 0 Å². The molecule has 1 saturated heterocycles. The van der Waals surface area contributed by atoms with Crippen molar-refractivity contribution < 1.29 is 4.74 Å². The van der Waals surface area contributed by atoms with Gasteiger partial charge in [0.25, 0.3) is 0 Å². The molecule has 0 saturated carbocycles. The maximum Gasteiger partial charge on any atom is 0.0594 e. The molecule has 126 valence electrons. The molecule has 1 fully saturated rings. The minimum Gasteiger partial charge on any atom is -0.379 e. The maximum atomic E-state index is 5.38. The summed E-state index contributed by atoms with van der Waals surface area (Å²) in [6.45, 7) is 8.94. The standard InChI is InChI=1S/C21H26N2O/c1-2-18-6-5-7-19(16-18)20-9-10-21(22-17-20)8-3-4-11-23-12-14-24-15-13-23/h2,5-7,9-10,16-17H,1,3-4,8,11-15H2. The van der Waals surface area contributed by atoms with Gasteiger partial charge in [-0.2, -0.15) is 0 Å². The molecule has 0 unspecified atom stereocenters. The van der Waals surface area contributed by atoms with Crippen LogP contribution in [0.1, 0.15) is 24.1 Å². The van der Waals surface area contributed by atoms with Crippen molar-refractivity contribution in [3.63, 3.8) is 0 Å². The van der Waals surface area contributed by atoms with E-state index in [-0.39, 0.29) is 0 Å². The van der Waals surface area contributed by atoms with Crippen LogP contribution in [0, 0.1) is 0 Å². The molecule has 0 N–H and O–H groups in total. The van der Waals surface area contributed by atoms with E-state index in [9.17, 15) is 0 Å². The molecule has 3 rings (SSSR count). The SMILES string of the molecule is C=Cc1cccc(-c2ccc(CCCCN3CCOCC3)nc2)c1. The largest absolute Gasteiger partial charge is 0.379 e. The summed E-state index contributed by atoms with van der Waals surface area (Å²) in [7, 11) is 0. The third-order valence-electron chi connectivity index (χ3n) is 4.54. The number of pyridine rings is 1. The number of hydrogen-bond donors (Lipinski definition) is 0. The predicted octanol–water partition coefficient (Wildman–Crippen LogP) is 4.05. The molecule has 0 radical (unpaired) electrons. The van der Waals surface area contributed by atoms with E-state index in [1.807, 2.05) is 12.3 Å². The van der Waals surface area contributed by atoms with Gasteiger partial charge in [0.1, 0.15) is 0 Å². The van der Waals surface area contributed by atoms with Gasteiger partial charge in [0.2, 0.25) is 0 Å². The highest BCUT2D eigenvalue weighted by Crippen LogP contribution is 2.20. The predicted molar refractivity (Wildman–Crippen MR) is 100.0 cm³/mol. The van der Waals surface area contributed by atoms with Gasteiger partial charge in [0, 0.05) is 30.5 Å². The van der Waals surface area contributed by atoms with Crippen molar-refractivity contribution >= 4 is 6.08 Å². The monoisotopic (exact) mass is 322 g/mol. The number of hydrogen-bond acceptors (Lipinski definition) is 3. The van der Waals surface area contributed by atoms with Crippen LogP contribution in [0.5, 0.6) is 0 Å². The highest BCUT2D eigenvalue weighted by molar-refractivity contribution is 5.66. The van der Waals surface area contributed by atoms with Gasteiger partial charge in [-0.25, -0.2) is 0 Å². The Labute approximate surface area is 145 Å². The molecule has 2 heterocycles. The summed E-state index contributed by atoms with van der Waals surface area (Å²) in [5, 5.41) is 0. The molecule has 1 aromatic carbocycles. The summed E-state index contributed by atoms with van der Waals surface area (Å²) in [4.78, 5) is 7.13. The molecule has 0 aliphatic carbocycles. The van der Waals surface area contributed by atoms with E-state index in [2.05, 4.69) is 52.9 Å². The fourth-order valence-electron chi connectivity index (χ4n) is 3.05. The second kappa shape index (κ2) is 8.76. The summed E-state index contributed by atoms with van der Waals surface area (Å²) in [5.41, 5.74) is 4.68. The molecule has 2 aromatic rings. The van der Waals surface area contributed by atoms with Crippen molar-refractivity contribution in [3.8, 4) is 11.1 Å². The Hall–Kier alpha value is -1.97. The van der Waals surface area contributed by atoms with E-state index < -0.39 is 0 Å². The van der Waals surface area contributed by atoms with Gasteiger partial charge in [0.15, 0.2) is 0 Å². The first kappa shape index (κ1) is 16.9. The van der Waals surface area contributed by atoms with Gasteiger partial charge < -0.3 is 4.74 Å². The fraction of sp³-hybridized carbons (Fsp3) is 0.381. The topological polar surface area (TPSA) is 25.4 Å². The van der Waals surface area contributed by atoms with Crippen LogP contribution < -0.4 is 0 Å². The molecule has 0 amide bonds. The third kappa shape index (κ3) is 4.76. The third-order valence-corrected chi connectivity index (χ3v) is 4.54. The van der Waals surface area contributed by atoms with Gasteiger partial charge in [-0.1, -0.05) is 36.9 Å². The molecule has 1 aliphatic heterocycles. The van der Waals surface area contributed by atoms with Crippen LogP contribution in [-0.4, -0.2) is 42.7 Å². The lowest BCUT2D eigenvalue weighted by atomic mass is 10.0. The Kier molecular flexibility index (Phi) is 6.16. The molecule has 0 bridgehead atoms. The number of ether oxygens (including phenoxy) is 1. The second-order valence-corrected chi connectivity index (χ2v) is 6.28. The van der Waals surface area contributed by atoms with Crippen LogP contribution in [0.15, 0.2) is 49.2 Å². The van der Waals surface area contributed by atoms with Crippen LogP contribution >= 0.6 is 0 Å². The number of aromatic nitrogens is 1. The molecule has 3 nitrogen and oxygen atoms in total. The van der Waals surface area contributed by atoms with Crippen molar-refractivity contribution in [2.75, 3.05) is 32.8 Å². The van der Waals surface area contributed by atoms with Gasteiger partial charge in [-0.3, -0.25) is 9.88 Å². The Morgan fingerprint density at radius 2 is 1.96 bits per heavy atom. The first-order valence-electron chi connectivity index (χ1n) is 8.83. The van der Waals surface area contributed by atoms with Crippen LogP contribution in [0.3, 0.4) is 0 Å². The van der Waals surface area contributed by atoms with Crippen molar-refractivity contribution in [2.45, 2.75) is 19.3 Å². The zero-order valence-corrected chi connectivity index (χ0v) is 14.3. The van der Waals surface area contributed by atoms with E-state index in [0.717, 1.165) is 43.9 Å². The normalized spacial score (nSPS) is 15.3. The lowest BCUT2D eigenvalue weighted by Gasteiger charge is -2.26. The minimum absolute atomic E-state index is 0.885. The lowest BCUT2D eigenvalue weighted by Crippen LogP contribution is -2.36. The molecule has 24 heavy (non-hydrogen) atoms. The Morgan fingerprint density at radius 3 is 2.71 bits per heavy atom. The van der Waals surface area contributed by atoms with Crippen molar-refractivity contribution in [1.82, 2.24) is 9.88 Å². The highest BCUT2D eigenvalue weighted by Gasteiger charge is 2.09. The van der Waals surface area contributed by atoms with Crippen LogP contribution in [-0.2, 0) is 11.2 Å². The first-order valence-corrected chi connectivity index (χ1v) is 8.83. The van der Waals surface area contributed by atoms with E-state index in [0.29, 0.717) is 0 Å². The molecular formula is C21H26N2O. The summed E-state index contributed by atoms with van der Waals surface area (Å²) >= 11 is 0. The maximum absolute atomic E-state index is 5.38. The fourth-order valence-corrected chi connectivity index (χ4v) is 3.05. The summed E-state index contributed by atoms with van der Waals surface area (Å²) < 4.78 is 5.38. The number of aryl methyl sites for hydroxylation is 1. The zero-order chi connectivity index (χ0) is 16.6. The van der Waals surface area contributed by atoms with Gasteiger partial charge >= 0.3 is 0 Å². The van der Waals surface area contributed by atoms with Gasteiger partial charge in [0.05, 0.1) is 13.2 Å². The molecular weight excluding hydrogens is 296 g/mol. The smallest absolute Gasteiger partial charge is 0.0594 e. The number of rotatable bonds is 7. The van der Waals surface area contributed by atoms with E-state index in [1.165, 1.54) is 30.6 Å². The van der Waals surface area contributed by atoms with Gasteiger partial charge in [-0.05, 0) is 49.1 Å². The molecule has 3 heteroatoms. The Bertz CT molecular complexity index is 645. The summed E-state index contributed by atoms with van der Waals surface area (Å²) in [6.07, 6.45) is 7.33. The van der Waals surface area contributed by atoms with E-state index in [1.54, 1.807) is 0 Å². The van der Waals surface area contributed by atoms with Crippen LogP contribution in [0.25, 0.3) is 17.2 Å². The van der Waals surface area contributed by atoms with E-state index in [4.69, 9.17) is 4.74 Å². The average molecular weight is 322 g/mol. The van der Waals surface area contributed by atoms with Crippen molar-refractivity contribution in [1.29, 1.82) is 0 Å². The highest BCUT2D eigenvalue weighted by atomic mass is 16.5. The zero-order valence-electron chi connectivity index (χ0n) is 14.3.